The van der Waals surface area contributed by atoms with E-state index in [2.05, 4.69) is 36.3 Å². The van der Waals surface area contributed by atoms with Gasteiger partial charge in [0.1, 0.15) is 11.5 Å². The summed E-state index contributed by atoms with van der Waals surface area (Å²) in [6.45, 7) is 12.7. The zero-order chi connectivity index (χ0) is 21.1. The highest BCUT2D eigenvalue weighted by Crippen LogP contribution is 2.24. The Hall–Kier alpha value is -1.26. The standard InChI is InChI=1S/C22H38N4O3.HI/c1-6-23-22(25-14-20-16-26(11-12-29-20)15-17(2)3)24-10-9-18-13-19(27-4)7-8-21(18)28-5;/h7-8,13,17,20H,6,9-12,14-16H2,1-5H3,(H2,23,24,25);1H. The molecule has 2 N–H and O–H groups in total. The van der Waals surface area contributed by atoms with E-state index in [1.54, 1.807) is 14.2 Å². The molecule has 2 rings (SSSR count). The summed E-state index contributed by atoms with van der Waals surface area (Å²) in [5.74, 6) is 3.20. The van der Waals surface area contributed by atoms with Crippen molar-refractivity contribution in [3.05, 3.63) is 23.8 Å². The second kappa shape index (κ2) is 14.7. The molecule has 1 fully saturated rings. The number of rotatable bonds is 10. The van der Waals surface area contributed by atoms with E-state index in [9.17, 15) is 0 Å². The van der Waals surface area contributed by atoms with E-state index < -0.39 is 0 Å². The van der Waals surface area contributed by atoms with Crippen molar-refractivity contribution >= 4 is 29.9 Å². The van der Waals surface area contributed by atoms with Crippen molar-refractivity contribution < 1.29 is 14.2 Å². The molecule has 0 bridgehead atoms. The zero-order valence-electron chi connectivity index (χ0n) is 19.1. The Labute approximate surface area is 199 Å². The summed E-state index contributed by atoms with van der Waals surface area (Å²) in [7, 11) is 3.37. The Morgan fingerprint density at radius 1 is 1.27 bits per heavy atom. The van der Waals surface area contributed by atoms with E-state index in [0.717, 1.165) is 68.8 Å². The van der Waals surface area contributed by atoms with Crippen molar-refractivity contribution in [2.24, 2.45) is 10.9 Å². The molecule has 0 spiro atoms. The van der Waals surface area contributed by atoms with Crippen molar-refractivity contribution in [2.75, 3.05) is 60.1 Å². The number of ether oxygens (including phenoxy) is 3. The molecular weight excluding hydrogens is 495 g/mol. The Kier molecular flexibility index (Phi) is 13.1. The maximum atomic E-state index is 5.91. The van der Waals surface area contributed by atoms with Crippen molar-refractivity contribution in [3.8, 4) is 11.5 Å². The summed E-state index contributed by atoms with van der Waals surface area (Å²) in [5.41, 5.74) is 1.11. The monoisotopic (exact) mass is 534 g/mol. The van der Waals surface area contributed by atoms with Crippen LogP contribution in [0.15, 0.2) is 23.2 Å². The molecule has 7 nitrogen and oxygen atoms in total. The second-order valence-electron chi connectivity index (χ2n) is 7.72. The molecule has 1 heterocycles. The molecule has 1 aromatic rings. The van der Waals surface area contributed by atoms with E-state index in [4.69, 9.17) is 19.2 Å². The largest absolute Gasteiger partial charge is 0.497 e. The quantitative estimate of drug-likeness (QED) is 0.274. The number of halogens is 1. The van der Waals surface area contributed by atoms with E-state index in [1.807, 2.05) is 18.2 Å². The normalized spacial score (nSPS) is 17.4. The van der Waals surface area contributed by atoms with Gasteiger partial charge in [0.15, 0.2) is 5.96 Å². The lowest BCUT2D eigenvalue weighted by Gasteiger charge is -2.33. The number of hydrogen-bond donors (Lipinski definition) is 2. The van der Waals surface area contributed by atoms with E-state index >= 15 is 0 Å². The average molecular weight is 534 g/mol. The van der Waals surface area contributed by atoms with Gasteiger partial charge in [0.25, 0.3) is 0 Å². The van der Waals surface area contributed by atoms with Crippen LogP contribution in [0.25, 0.3) is 0 Å². The molecule has 0 amide bonds. The fourth-order valence-electron chi connectivity index (χ4n) is 3.50. The predicted octanol–water partition coefficient (Wildman–Crippen LogP) is 2.78. The van der Waals surface area contributed by atoms with E-state index in [-0.39, 0.29) is 30.1 Å². The van der Waals surface area contributed by atoms with Crippen LogP contribution in [0.3, 0.4) is 0 Å². The van der Waals surface area contributed by atoms with Crippen molar-refractivity contribution in [1.29, 1.82) is 0 Å². The number of guanidine groups is 1. The van der Waals surface area contributed by atoms with Crippen LogP contribution in [0, 0.1) is 5.92 Å². The third kappa shape index (κ3) is 9.26. The van der Waals surface area contributed by atoms with Crippen LogP contribution in [-0.4, -0.2) is 77.1 Å². The molecule has 1 unspecified atom stereocenters. The maximum Gasteiger partial charge on any atom is 0.191 e. The number of nitrogens with zero attached hydrogens (tertiary/aromatic N) is 2. The number of hydrogen-bond acceptors (Lipinski definition) is 5. The second-order valence-corrected chi connectivity index (χ2v) is 7.72. The topological polar surface area (TPSA) is 67.4 Å². The third-order valence-corrected chi connectivity index (χ3v) is 4.82. The Morgan fingerprint density at radius 3 is 2.73 bits per heavy atom. The highest BCUT2D eigenvalue weighted by atomic mass is 127. The average Bonchev–Trinajstić information content (AvgIpc) is 2.71. The highest BCUT2D eigenvalue weighted by Gasteiger charge is 2.20. The van der Waals surface area contributed by atoms with E-state index in [0.29, 0.717) is 12.5 Å². The number of methoxy groups -OCH3 is 2. The van der Waals surface area contributed by atoms with Gasteiger partial charge in [-0.15, -0.1) is 24.0 Å². The lowest BCUT2D eigenvalue weighted by atomic mass is 10.1. The molecule has 0 aliphatic carbocycles. The summed E-state index contributed by atoms with van der Waals surface area (Å²) in [4.78, 5) is 7.22. The molecule has 30 heavy (non-hydrogen) atoms. The minimum Gasteiger partial charge on any atom is -0.497 e. The maximum absolute atomic E-state index is 5.91. The predicted molar refractivity (Wildman–Crippen MR) is 134 cm³/mol. The molecule has 1 aliphatic heterocycles. The first kappa shape index (κ1) is 26.8. The molecule has 0 radical (unpaired) electrons. The van der Waals surface area contributed by atoms with Crippen LogP contribution in [0.1, 0.15) is 26.3 Å². The Morgan fingerprint density at radius 2 is 2.07 bits per heavy atom. The van der Waals surface area contributed by atoms with Crippen LogP contribution >= 0.6 is 24.0 Å². The zero-order valence-corrected chi connectivity index (χ0v) is 21.4. The molecule has 1 saturated heterocycles. The summed E-state index contributed by atoms with van der Waals surface area (Å²) < 4.78 is 16.7. The van der Waals surface area contributed by atoms with E-state index in [1.165, 1.54) is 0 Å². The number of benzene rings is 1. The molecule has 0 saturated carbocycles. The van der Waals surface area contributed by atoms with Gasteiger partial charge in [-0.3, -0.25) is 9.89 Å². The van der Waals surface area contributed by atoms with Crippen molar-refractivity contribution in [2.45, 2.75) is 33.3 Å². The molecule has 1 aromatic carbocycles. The van der Waals surface area contributed by atoms with Crippen LogP contribution in [-0.2, 0) is 11.2 Å². The van der Waals surface area contributed by atoms with Crippen LogP contribution < -0.4 is 20.1 Å². The number of aliphatic imine (C=N–C) groups is 1. The molecule has 1 atom stereocenters. The smallest absolute Gasteiger partial charge is 0.191 e. The van der Waals surface area contributed by atoms with Crippen molar-refractivity contribution in [3.63, 3.8) is 0 Å². The lowest BCUT2D eigenvalue weighted by molar-refractivity contribution is -0.0261. The summed E-state index contributed by atoms with van der Waals surface area (Å²) in [6.07, 6.45) is 0.962. The van der Waals surface area contributed by atoms with Gasteiger partial charge in [-0.1, -0.05) is 13.8 Å². The van der Waals surface area contributed by atoms with Gasteiger partial charge in [-0.25, -0.2) is 0 Å². The summed E-state index contributed by atoms with van der Waals surface area (Å²) in [6, 6.07) is 5.87. The third-order valence-electron chi connectivity index (χ3n) is 4.82. The number of morpholine rings is 1. The fourth-order valence-corrected chi connectivity index (χ4v) is 3.50. The van der Waals surface area contributed by atoms with Gasteiger partial charge in [-0.05, 0) is 43.0 Å². The van der Waals surface area contributed by atoms with Crippen LogP contribution in [0.4, 0.5) is 0 Å². The molecule has 0 aromatic heterocycles. The Balaban J connectivity index is 0.00000450. The lowest BCUT2D eigenvalue weighted by Crippen LogP contribution is -2.46. The van der Waals surface area contributed by atoms with Crippen LogP contribution in [0.2, 0.25) is 0 Å². The minimum atomic E-state index is 0. The van der Waals surface area contributed by atoms with Gasteiger partial charge < -0.3 is 24.8 Å². The van der Waals surface area contributed by atoms with Gasteiger partial charge in [-0.2, -0.15) is 0 Å². The van der Waals surface area contributed by atoms with Gasteiger partial charge >= 0.3 is 0 Å². The molecular formula is C22H39IN4O3. The molecule has 8 heteroatoms. The van der Waals surface area contributed by atoms with Crippen LogP contribution in [0.5, 0.6) is 11.5 Å². The first-order valence-electron chi connectivity index (χ1n) is 10.6. The van der Waals surface area contributed by atoms with Gasteiger partial charge in [0, 0.05) is 32.7 Å². The first-order chi connectivity index (χ1) is 14.0. The minimum absolute atomic E-state index is 0. The molecule has 172 valence electrons. The SMILES string of the molecule is CCNC(=NCC1CN(CC(C)C)CCO1)NCCc1cc(OC)ccc1OC.I. The van der Waals surface area contributed by atoms with Crippen molar-refractivity contribution in [1.82, 2.24) is 15.5 Å². The summed E-state index contributed by atoms with van der Waals surface area (Å²) in [5, 5.41) is 6.73. The summed E-state index contributed by atoms with van der Waals surface area (Å²) >= 11 is 0. The highest BCUT2D eigenvalue weighted by molar-refractivity contribution is 14.0. The number of nitrogens with one attached hydrogen (secondary N) is 2. The Bertz CT molecular complexity index is 643. The van der Waals surface area contributed by atoms with Gasteiger partial charge in [0.2, 0.25) is 0 Å². The fraction of sp³-hybridized carbons (Fsp3) is 0.682. The molecule has 1 aliphatic rings. The van der Waals surface area contributed by atoms with Gasteiger partial charge in [0.05, 0.1) is 33.5 Å². The first-order valence-corrected chi connectivity index (χ1v) is 10.6.